The van der Waals surface area contributed by atoms with Gasteiger partial charge in [-0.05, 0) is 37.6 Å². The monoisotopic (exact) mass is 242 g/mol. The molecule has 0 fully saturated rings. The Morgan fingerprint density at radius 3 is 2.50 bits per heavy atom. The predicted molar refractivity (Wildman–Crippen MR) is 73.5 cm³/mol. The zero-order valence-electron chi connectivity index (χ0n) is 10.7. The largest absolute Gasteiger partial charge is 0.394 e. The van der Waals surface area contributed by atoms with E-state index >= 15 is 0 Å². The number of nitrogens with one attached hydrogen (secondary N) is 1. The van der Waals surface area contributed by atoms with Crippen LogP contribution in [0.3, 0.4) is 0 Å². The maximum Gasteiger partial charge on any atom is 0.1000 e. The van der Waals surface area contributed by atoms with E-state index in [4.69, 9.17) is 0 Å². The number of hydrogen-bond acceptors (Lipinski definition) is 3. The normalized spacial score (nSPS) is 13.9. The second kappa shape index (κ2) is 5.19. The van der Waals surface area contributed by atoms with Gasteiger partial charge in [0.1, 0.15) is 0 Å². The van der Waals surface area contributed by atoms with Crippen molar-refractivity contribution in [1.29, 1.82) is 0 Å². The molecule has 1 aromatic carbocycles. The molecular formula is C15H18N2O. The van der Waals surface area contributed by atoms with Crippen molar-refractivity contribution in [2.45, 2.75) is 19.4 Å². The molecular weight excluding hydrogens is 224 g/mol. The fraction of sp³-hybridized carbons (Fsp3) is 0.267. The molecule has 0 saturated heterocycles. The molecule has 18 heavy (non-hydrogen) atoms. The number of hydrogen-bond donors (Lipinski definition) is 2. The van der Waals surface area contributed by atoms with Gasteiger partial charge in [-0.1, -0.05) is 24.3 Å². The number of nitrogens with zero attached hydrogens (tertiary/aromatic N) is 1. The van der Waals surface area contributed by atoms with Crippen molar-refractivity contribution in [3.63, 3.8) is 0 Å². The van der Waals surface area contributed by atoms with Crippen LogP contribution in [0.15, 0.2) is 48.7 Å². The van der Waals surface area contributed by atoms with Gasteiger partial charge < -0.3 is 10.4 Å². The third-order valence-electron chi connectivity index (χ3n) is 3.10. The zero-order chi connectivity index (χ0) is 13.0. The van der Waals surface area contributed by atoms with E-state index in [9.17, 15) is 5.11 Å². The average molecular weight is 242 g/mol. The molecule has 0 aliphatic carbocycles. The van der Waals surface area contributed by atoms with Crippen LogP contribution in [-0.2, 0) is 5.54 Å². The molecule has 0 aliphatic rings. The third-order valence-corrected chi connectivity index (χ3v) is 3.10. The summed E-state index contributed by atoms with van der Waals surface area (Å²) in [5, 5.41) is 13.1. The Kier molecular flexibility index (Phi) is 3.63. The lowest BCUT2D eigenvalue weighted by atomic mass is 9.97. The van der Waals surface area contributed by atoms with Gasteiger partial charge in [0.2, 0.25) is 0 Å². The van der Waals surface area contributed by atoms with Crippen molar-refractivity contribution in [3.8, 4) is 0 Å². The van der Waals surface area contributed by atoms with Gasteiger partial charge in [-0.2, -0.15) is 0 Å². The maximum absolute atomic E-state index is 9.69. The summed E-state index contributed by atoms with van der Waals surface area (Å²) in [7, 11) is 0. The van der Waals surface area contributed by atoms with E-state index < -0.39 is 5.54 Å². The SMILES string of the molecule is Cc1ccccc1NC(C)(CO)c1ccccn1. The van der Waals surface area contributed by atoms with Gasteiger partial charge in [0, 0.05) is 11.9 Å². The first-order chi connectivity index (χ1) is 8.65. The summed E-state index contributed by atoms with van der Waals surface area (Å²) in [5.74, 6) is 0. The second-order valence-corrected chi connectivity index (χ2v) is 4.65. The van der Waals surface area contributed by atoms with Gasteiger partial charge >= 0.3 is 0 Å². The number of rotatable bonds is 4. The molecule has 1 atom stereocenters. The van der Waals surface area contributed by atoms with Crippen molar-refractivity contribution in [3.05, 3.63) is 59.9 Å². The van der Waals surface area contributed by atoms with Crippen LogP contribution in [0.1, 0.15) is 18.2 Å². The van der Waals surface area contributed by atoms with E-state index in [1.165, 1.54) is 0 Å². The quantitative estimate of drug-likeness (QED) is 0.866. The van der Waals surface area contributed by atoms with Gasteiger partial charge in [0.25, 0.3) is 0 Å². The fourth-order valence-electron chi connectivity index (χ4n) is 1.88. The number of pyridine rings is 1. The summed E-state index contributed by atoms with van der Waals surface area (Å²) in [6, 6.07) is 13.7. The predicted octanol–water partition coefficient (Wildman–Crippen LogP) is 2.71. The van der Waals surface area contributed by atoms with Crippen LogP contribution in [0.25, 0.3) is 0 Å². The fourth-order valence-corrected chi connectivity index (χ4v) is 1.88. The summed E-state index contributed by atoms with van der Waals surface area (Å²) >= 11 is 0. The molecule has 1 heterocycles. The highest BCUT2D eigenvalue weighted by molar-refractivity contribution is 5.53. The van der Waals surface area contributed by atoms with Crippen molar-refractivity contribution in [1.82, 2.24) is 4.98 Å². The molecule has 2 rings (SSSR count). The van der Waals surface area contributed by atoms with Gasteiger partial charge in [-0.3, -0.25) is 4.98 Å². The highest BCUT2D eigenvalue weighted by Crippen LogP contribution is 2.25. The summed E-state index contributed by atoms with van der Waals surface area (Å²) in [6.45, 7) is 3.97. The minimum Gasteiger partial charge on any atom is -0.394 e. The van der Waals surface area contributed by atoms with Crippen LogP contribution < -0.4 is 5.32 Å². The molecule has 0 radical (unpaired) electrons. The van der Waals surface area contributed by atoms with Gasteiger partial charge in [0.15, 0.2) is 0 Å². The van der Waals surface area contributed by atoms with Gasteiger partial charge in [-0.25, -0.2) is 0 Å². The molecule has 3 nitrogen and oxygen atoms in total. The van der Waals surface area contributed by atoms with Crippen molar-refractivity contribution < 1.29 is 5.11 Å². The average Bonchev–Trinajstić information content (AvgIpc) is 2.42. The highest BCUT2D eigenvalue weighted by Gasteiger charge is 2.27. The summed E-state index contributed by atoms with van der Waals surface area (Å²) in [6.07, 6.45) is 1.74. The van der Waals surface area contributed by atoms with Gasteiger partial charge in [-0.15, -0.1) is 0 Å². The number of aliphatic hydroxyl groups excluding tert-OH is 1. The maximum atomic E-state index is 9.69. The van der Waals surface area contributed by atoms with E-state index in [1.54, 1.807) is 6.20 Å². The molecule has 3 heteroatoms. The van der Waals surface area contributed by atoms with E-state index in [2.05, 4.69) is 10.3 Å². The van der Waals surface area contributed by atoms with Crippen LogP contribution in [0.5, 0.6) is 0 Å². The minimum absolute atomic E-state index is 0.0155. The number of aromatic nitrogens is 1. The van der Waals surface area contributed by atoms with Gasteiger partial charge in [0.05, 0.1) is 17.8 Å². The molecule has 0 spiro atoms. The first-order valence-corrected chi connectivity index (χ1v) is 6.02. The number of aryl methyl sites for hydroxylation is 1. The molecule has 1 aromatic heterocycles. The van der Waals surface area contributed by atoms with Crippen LogP contribution in [0.2, 0.25) is 0 Å². The zero-order valence-corrected chi connectivity index (χ0v) is 10.7. The minimum atomic E-state index is -0.576. The van der Waals surface area contributed by atoms with Crippen LogP contribution in [-0.4, -0.2) is 16.7 Å². The third kappa shape index (κ3) is 2.51. The molecule has 2 N–H and O–H groups in total. The molecule has 94 valence electrons. The Morgan fingerprint density at radius 1 is 1.17 bits per heavy atom. The summed E-state index contributed by atoms with van der Waals surface area (Å²) in [5.41, 5.74) is 2.41. The van der Waals surface area contributed by atoms with Crippen molar-refractivity contribution in [2.75, 3.05) is 11.9 Å². The molecule has 0 aliphatic heterocycles. The van der Waals surface area contributed by atoms with E-state index in [1.807, 2.05) is 56.3 Å². The first kappa shape index (κ1) is 12.6. The Bertz CT molecular complexity index is 513. The van der Waals surface area contributed by atoms with E-state index in [-0.39, 0.29) is 6.61 Å². The highest BCUT2D eigenvalue weighted by atomic mass is 16.3. The Hall–Kier alpha value is -1.87. The molecule has 1 unspecified atom stereocenters. The Balaban J connectivity index is 2.32. The molecule has 0 saturated carbocycles. The lowest BCUT2D eigenvalue weighted by Crippen LogP contribution is -2.37. The topological polar surface area (TPSA) is 45.1 Å². The van der Waals surface area contributed by atoms with Crippen LogP contribution in [0.4, 0.5) is 5.69 Å². The summed E-state index contributed by atoms with van der Waals surface area (Å²) < 4.78 is 0. The second-order valence-electron chi connectivity index (χ2n) is 4.65. The molecule has 0 amide bonds. The van der Waals surface area contributed by atoms with Crippen LogP contribution >= 0.6 is 0 Å². The van der Waals surface area contributed by atoms with Crippen molar-refractivity contribution >= 4 is 5.69 Å². The number of aliphatic hydroxyl groups is 1. The first-order valence-electron chi connectivity index (χ1n) is 6.02. The van der Waals surface area contributed by atoms with E-state index in [0.717, 1.165) is 16.9 Å². The lowest BCUT2D eigenvalue weighted by molar-refractivity contribution is 0.221. The number of para-hydroxylation sites is 1. The van der Waals surface area contributed by atoms with Crippen molar-refractivity contribution in [2.24, 2.45) is 0 Å². The number of benzene rings is 1. The van der Waals surface area contributed by atoms with E-state index in [0.29, 0.717) is 0 Å². The Labute approximate surface area is 108 Å². The molecule has 2 aromatic rings. The molecule has 0 bridgehead atoms. The number of anilines is 1. The summed E-state index contributed by atoms with van der Waals surface area (Å²) in [4.78, 5) is 4.32. The standard InChI is InChI=1S/C15H18N2O/c1-12-7-3-4-8-13(12)17-15(2,11-18)14-9-5-6-10-16-14/h3-10,17-18H,11H2,1-2H3. The van der Waals surface area contributed by atoms with Crippen LogP contribution in [0, 0.1) is 6.92 Å². The smallest absolute Gasteiger partial charge is 0.1000 e. The Morgan fingerprint density at radius 2 is 1.89 bits per heavy atom. The lowest BCUT2D eigenvalue weighted by Gasteiger charge is -2.30.